The van der Waals surface area contributed by atoms with Crippen LogP contribution in [0.25, 0.3) is 11.2 Å². The molecule has 1 amide bonds. The van der Waals surface area contributed by atoms with E-state index < -0.39 is 24.5 Å². The summed E-state index contributed by atoms with van der Waals surface area (Å²) >= 11 is 0. The molecule has 0 aliphatic carbocycles. The first kappa shape index (κ1) is 19.1. The standard InChI is InChI=1S/C21H23N5O4/c1-12-17(27)18(28)21(30-12)26-11-24-15-16(22-10-23-19(15)26)20(29)25-9-5-8-14(25)13-6-3-2-4-7-13/h2-4,6-7,10-12,14,17-18,21,27-28H,5,8-9H2,1H3/t12-,14?,17-,18-,21-/m1/s1. The van der Waals surface area contributed by atoms with Crippen LogP contribution >= 0.6 is 0 Å². The lowest BCUT2D eigenvalue weighted by molar-refractivity contribution is -0.0299. The number of rotatable bonds is 3. The molecule has 1 unspecified atom stereocenters. The maximum atomic E-state index is 13.4. The SMILES string of the molecule is C[C@H]1O[C@@H](n2cnc3c(C(=O)N4CCCC4c4ccccc4)ncnc32)[C@H](O)[C@@H]1O. The Morgan fingerprint density at radius 1 is 1.13 bits per heavy atom. The fourth-order valence-electron chi connectivity index (χ4n) is 4.42. The van der Waals surface area contributed by atoms with E-state index in [0.29, 0.717) is 17.7 Å². The Balaban J connectivity index is 1.50. The Bertz CT molecular complexity index is 1070. The Kier molecular flexibility index (Phi) is 4.73. The van der Waals surface area contributed by atoms with E-state index in [1.807, 2.05) is 35.2 Å². The zero-order valence-corrected chi connectivity index (χ0v) is 16.5. The minimum atomic E-state index is -1.12. The van der Waals surface area contributed by atoms with Gasteiger partial charge in [0.25, 0.3) is 5.91 Å². The van der Waals surface area contributed by atoms with Crippen LogP contribution in [0.3, 0.4) is 0 Å². The molecular formula is C21H23N5O4. The lowest BCUT2D eigenvalue weighted by Gasteiger charge is -2.24. The number of carbonyl (C=O) groups is 1. The molecular weight excluding hydrogens is 386 g/mol. The predicted octanol–water partition coefficient (Wildman–Crippen LogP) is 1.44. The summed E-state index contributed by atoms with van der Waals surface area (Å²) in [6, 6.07) is 9.98. The molecule has 9 heteroatoms. The van der Waals surface area contributed by atoms with E-state index in [2.05, 4.69) is 15.0 Å². The highest BCUT2D eigenvalue weighted by Gasteiger charge is 2.42. The molecule has 5 rings (SSSR count). The third kappa shape index (κ3) is 2.97. The van der Waals surface area contributed by atoms with Gasteiger partial charge in [-0.15, -0.1) is 0 Å². The summed E-state index contributed by atoms with van der Waals surface area (Å²) in [6.07, 6.45) is 1.13. The molecule has 2 N–H and O–H groups in total. The number of aliphatic hydroxyl groups excluding tert-OH is 2. The van der Waals surface area contributed by atoms with Crippen molar-refractivity contribution in [3.05, 3.63) is 54.2 Å². The van der Waals surface area contributed by atoms with Crippen molar-refractivity contribution in [1.29, 1.82) is 0 Å². The highest BCUT2D eigenvalue weighted by molar-refractivity contribution is 6.02. The lowest BCUT2D eigenvalue weighted by atomic mass is 10.0. The number of aliphatic hydroxyl groups is 2. The van der Waals surface area contributed by atoms with Crippen molar-refractivity contribution in [2.45, 2.75) is 50.3 Å². The topological polar surface area (TPSA) is 114 Å². The molecule has 2 aliphatic rings. The van der Waals surface area contributed by atoms with Crippen LogP contribution < -0.4 is 0 Å². The number of likely N-dealkylation sites (tertiary alicyclic amines) is 1. The minimum absolute atomic E-state index is 0.00165. The maximum absolute atomic E-state index is 13.4. The number of imidazole rings is 1. The lowest BCUT2D eigenvalue weighted by Crippen LogP contribution is -2.31. The molecule has 3 aromatic rings. The molecule has 1 aromatic carbocycles. The molecule has 9 nitrogen and oxygen atoms in total. The maximum Gasteiger partial charge on any atom is 0.275 e. The summed E-state index contributed by atoms with van der Waals surface area (Å²) in [5.74, 6) is -0.194. The summed E-state index contributed by atoms with van der Waals surface area (Å²) in [6.45, 7) is 2.34. The summed E-state index contributed by atoms with van der Waals surface area (Å²) in [4.78, 5) is 28.1. The number of fused-ring (bicyclic) bond motifs is 1. The molecule has 156 valence electrons. The van der Waals surface area contributed by atoms with Gasteiger partial charge in [-0.05, 0) is 25.3 Å². The second kappa shape index (κ2) is 7.42. The first-order valence-corrected chi connectivity index (χ1v) is 10.1. The van der Waals surface area contributed by atoms with Gasteiger partial charge in [0.05, 0.1) is 18.5 Å². The van der Waals surface area contributed by atoms with E-state index in [1.54, 1.807) is 11.5 Å². The normalized spacial score (nSPS) is 29.0. The molecule has 0 bridgehead atoms. The second-order valence-electron chi connectivity index (χ2n) is 7.83. The molecule has 5 atom stereocenters. The van der Waals surface area contributed by atoms with Crippen molar-refractivity contribution in [2.75, 3.05) is 6.54 Å². The van der Waals surface area contributed by atoms with Gasteiger partial charge < -0.3 is 19.8 Å². The fraction of sp³-hybridized carbons (Fsp3) is 0.429. The Labute approximate surface area is 173 Å². The van der Waals surface area contributed by atoms with Crippen LogP contribution in [0.4, 0.5) is 0 Å². The molecule has 2 saturated heterocycles. The number of carbonyl (C=O) groups excluding carboxylic acids is 1. The summed E-state index contributed by atoms with van der Waals surface area (Å²) < 4.78 is 7.23. The van der Waals surface area contributed by atoms with Gasteiger partial charge in [-0.3, -0.25) is 9.36 Å². The van der Waals surface area contributed by atoms with Crippen LogP contribution in [0.15, 0.2) is 43.0 Å². The minimum Gasteiger partial charge on any atom is -0.388 e. The zero-order valence-electron chi connectivity index (χ0n) is 16.5. The Morgan fingerprint density at radius 3 is 2.67 bits per heavy atom. The van der Waals surface area contributed by atoms with E-state index in [9.17, 15) is 15.0 Å². The van der Waals surface area contributed by atoms with Gasteiger partial charge >= 0.3 is 0 Å². The van der Waals surface area contributed by atoms with Gasteiger partial charge in [-0.1, -0.05) is 30.3 Å². The quantitative estimate of drug-likeness (QED) is 0.673. The van der Waals surface area contributed by atoms with Crippen molar-refractivity contribution in [2.24, 2.45) is 0 Å². The van der Waals surface area contributed by atoms with Crippen LogP contribution in [0.5, 0.6) is 0 Å². The average molecular weight is 409 g/mol. The van der Waals surface area contributed by atoms with E-state index in [4.69, 9.17) is 4.74 Å². The number of nitrogens with zero attached hydrogens (tertiary/aromatic N) is 5. The van der Waals surface area contributed by atoms with Crippen molar-refractivity contribution < 1.29 is 19.7 Å². The van der Waals surface area contributed by atoms with Crippen molar-refractivity contribution in [1.82, 2.24) is 24.4 Å². The van der Waals surface area contributed by atoms with Crippen LogP contribution in [0.2, 0.25) is 0 Å². The Morgan fingerprint density at radius 2 is 1.93 bits per heavy atom. The third-order valence-electron chi connectivity index (χ3n) is 6.01. The van der Waals surface area contributed by atoms with Gasteiger partial charge in [-0.25, -0.2) is 15.0 Å². The van der Waals surface area contributed by atoms with Crippen molar-refractivity contribution >= 4 is 17.1 Å². The fourth-order valence-corrected chi connectivity index (χ4v) is 4.42. The van der Waals surface area contributed by atoms with Gasteiger partial charge in [0, 0.05) is 6.54 Å². The van der Waals surface area contributed by atoms with Crippen LogP contribution in [-0.4, -0.2) is 65.4 Å². The van der Waals surface area contributed by atoms with Crippen molar-refractivity contribution in [3.63, 3.8) is 0 Å². The predicted molar refractivity (Wildman–Crippen MR) is 106 cm³/mol. The molecule has 4 heterocycles. The van der Waals surface area contributed by atoms with E-state index in [0.717, 1.165) is 18.4 Å². The smallest absolute Gasteiger partial charge is 0.275 e. The summed E-state index contributed by atoms with van der Waals surface area (Å²) in [7, 11) is 0. The van der Waals surface area contributed by atoms with Gasteiger partial charge in [-0.2, -0.15) is 0 Å². The highest BCUT2D eigenvalue weighted by Crippen LogP contribution is 2.34. The summed E-state index contributed by atoms with van der Waals surface area (Å²) in [5, 5.41) is 20.4. The Hall–Kier alpha value is -2.88. The van der Waals surface area contributed by atoms with Crippen LogP contribution in [0, 0.1) is 0 Å². The number of hydrogen-bond donors (Lipinski definition) is 2. The average Bonchev–Trinajstić information content (AvgIpc) is 3.48. The molecule has 2 aromatic heterocycles. The van der Waals surface area contributed by atoms with E-state index in [1.165, 1.54) is 12.7 Å². The zero-order chi connectivity index (χ0) is 20.8. The number of hydrogen-bond acceptors (Lipinski definition) is 7. The molecule has 0 radical (unpaired) electrons. The van der Waals surface area contributed by atoms with Crippen molar-refractivity contribution in [3.8, 4) is 0 Å². The molecule has 2 fully saturated rings. The molecule has 0 saturated carbocycles. The van der Waals surface area contributed by atoms with Gasteiger partial charge in [0.1, 0.15) is 24.1 Å². The summed E-state index contributed by atoms with van der Waals surface area (Å²) in [5.41, 5.74) is 2.06. The molecule has 0 spiro atoms. The number of aromatic nitrogens is 4. The highest BCUT2D eigenvalue weighted by atomic mass is 16.6. The van der Waals surface area contributed by atoms with Crippen LogP contribution in [-0.2, 0) is 4.74 Å². The van der Waals surface area contributed by atoms with Gasteiger partial charge in [0.15, 0.2) is 17.6 Å². The first-order chi connectivity index (χ1) is 14.6. The van der Waals surface area contributed by atoms with E-state index >= 15 is 0 Å². The van der Waals surface area contributed by atoms with Gasteiger partial charge in [0.2, 0.25) is 0 Å². The molecule has 30 heavy (non-hydrogen) atoms. The second-order valence-corrected chi connectivity index (χ2v) is 7.83. The van der Waals surface area contributed by atoms with E-state index in [-0.39, 0.29) is 17.6 Å². The molecule has 2 aliphatic heterocycles. The monoisotopic (exact) mass is 409 g/mol. The number of amides is 1. The first-order valence-electron chi connectivity index (χ1n) is 10.1. The van der Waals surface area contributed by atoms with Crippen LogP contribution in [0.1, 0.15) is 48.1 Å². The number of benzene rings is 1. The number of ether oxygens (including phenoxy) is 1. The largest absolute Gasteiger partial charge is 0.388 e. The third-order valence-corrected chi connectivity index (χ3v) is 6.01.